The van der Waals surface area contributed by atoms with Crippen molar-refractivity contribution in [3.63, 3.8) is 0 Å². The van der Waals surface area contributed by atoms with E-state index >= 15 is 0 Å². The molecule has 0 radical (unpaired) electrons. The van der Waals surface area contributed by atoms with Crippen LogP contribution in [0.5, 0.6) is 5.75 Å². The third-order valence-corrected chi connectivity index (χ3v) is 4.63. The molecule has 0 aliphatic rings. The fourth-order valence-corrected chi connectivity index (χ4v) is 2.83. The molecule has 0 aliphatic carbocycles. The first kappa shape index (κ1) is 19.7. The number of ether oxygens (including phenoxy) is 1. The van der Waals surface area contributed by atoms with Gasteiger partial charge in [-0.1, -0.05) is 18.5 Å². The summed E-state index contributed by atoms with van der Waals surface area (Å²) in [4.78, 5) is 22.8. The molecule has 2 rings (SSSR count). The number of benzene rings is 2. The SMILES string of the molecule is CCc1cc([N+](=O)[O-])cc(C)c1NC(=O)COc1cc(C)c(Cl)c(C)c1. The van der Waals surface area contributed by atoms with Gasteiger partial charge < -0.3 is 10.1 Å². The summed E-state index contributed by atoms with van der Waals surface area (Å²) in [7, 11) is 0. The number of amides is 1. The van der Waals surface area contributed by atoms with Gasteiger partial charge in [0, 0.05) is 22.8 Å². The van der Waals surface area contributed by atoms with E-state index < -0.39 is 4.92 Å². The summed E-state index contributed by atoms with van der Waals surface area (Å²) in [6.45, 7) is 7.19. The Balaban J connectivity index is 2.12. The Hall–Kier alpha value is -2.60. The largest absolute Gasteiger partial charge is 0.484 e. The van der Waals surface area contributed by atoms with Gasteiger partial charge in [0.2, 0.25) is 0 Å². The lowest BCUT2D eigenvalue weighted by Crippen LogP contribution is -2.21. The number of carbonyl (C=O) groups excluding carboxylic acids is 1. The van der Waals surface area contributed by atoms with Crippen LogP contribution in [-0.4, -0.2) is 17.4 Å². The monoisotopic (exact) mass is 376 g/mol. The smallest absolute Gasteiger partial charge is 0.270 e. The summed E-state index contributed by atoms with van der Waals surface area (Å²) in [6, 6.07) is 6.48. The van der Waals surface area contributed by atoms with Crippen molar-refractivity contribution < 1.29 is 14.5 Å². The lowest BCUT2D eigenvalue weighted by atomic mass is 10.0. The van der Waals surface area contributed by atoms with E-state index in [-0.39, 0.29) is 18.2 Å². The molecule has 7 heteroatoms. The van der Waals surface area contributed by atoms with E-state index in [1.807, 2.05) is 20.8 Å². The summed E-state index contributed by atoms with van der Waals surface area (Å²) < 4.78 is 5.55. The number of carbonyl (C=O) groups is 1. The Kier molecular flexibility index (Phi) is 6.21. The molecule has 1 amide bonds. The minimum absolute atomic E-state index is 0.0145. The zero-order valence-electron chi connectivity index (χ0n) is 15.2. The number of rotatable bonds is 6. The van der Waals surface area contributed by atoms with Gasteiger partial charge in [-0.05, 0) is 61.6 Å². The van der Waals surface area contributed by atoms with Crippen LogP contribution >= 0.6 is 11.6 Å². The van der Waals surface area contributed by atoms with Crippen molar-refractivity contribution in [2.24, 2.45) is 0 Å². The van der Waals surface area contributed by atoms with E-state index in [0.717, 1.165) is 11.1 Å². The van der Waals surface area contributed by atoms with Crippen LogP contribution < -0.4 is 10.1 Å². The van der Waals surface area contributed by atoms with E-state index in [9.17, 15) is 14.9 Å². The fraction of sp³-hybridized carbons (Fsp3) is 0.316. The van der Waals surface area contributed by atoms with Crippen LogP contribution in [0.15, 0.2) is 24.3 Å². The number of hydrogen-bond donors (Lipinski definition) is 1. The van der Waals surface area contributed by atoms with E-state index in [2.05, 4.69) is 5.32 Å². The Morgan fingerprint density at radius 3 is 2.31 bits per heavy atom. The molecule has 0 saturated carbocycles. The van der Waals surface area contributed by atoms with Crippen molar-refractivity contribution >= 4 is 28.9 Å². The maximum Gasteiger partial charge on any atom is 0.270 e. The lowest BCUT2D eigenvalue weighted by molar-refractivity contribution is -0.384. The van der Waals surface area contributed by atoms with Crippen molar-refractivity contribution in [3.8, 4) is 5.75 Å². The van der Waals surface area contributed by atoms with Gasteiger partial charge in [-0.15, -0.1) is 0 Å². The molecular weight excluding hydrogens is 356 g/mol. The molecule has 0 atom stereocenters. The highest BCUT2D eigenvalue weighted by Gasteiger charge is 2.16. The molecule has 6 nitrogen and oxygen atoms in total. The van der Waals surface area contributed by atoms with Crippen molar-refractivity contribution in [1.29, 1.82) is 0 Å². The van der Waals surface area contributed by atoms with Crippen molar-refractivity contribution in [1.82, 2.24) is 0 Å². The van der Waals surface area contributed by atoms with Gasteiger partial charge in [0.05, 0.1) is 4.92 Å². The first-order chi connectivity index (χ1) is 12.2. The second-order valence-electron chi connectivity index (χ2n) is 6.12. The number of nitrogens with one attached hydrogen (secondary N) is 1. The quantitative estimate of drug-likeness (QED) is 0.582. The number of nitrogens with zero attached hydrogens (tertiary/aromatic N) is 1. The molecule has 2 aromatic rings. The van der Waals surface area contributed by atoms with E-state index in [0.29, 0.717) is 34.0 Å². The van der Waals surface area contributed by atoms with Gasteiger partial charge in [0.15, 0.2) is 6.61 Å². The molecule has 26 heavy (non-hydrogen) atoms. The second-order valence-corrected chi connectivity index (χ2v) is 6.49. The van der Waals surface area contributed by atoms with Gasteiger partial charge in [-0.2, -0.15) is 0 Å². The standard InChI is InChI=1S/C19H21ClN2O4/c1-5-14-9-15(22(24)25)6-13(4)19(14)21-17(23)10-26-16-7-11(2)18(20)12(3)8-16/h6-9H,5,10H2,1-4H3,(H,21,23). The summed E-state index contributed by atoms with van der Waals surface area (Å²) >= 11 is 6.12. The maximum atomic E-state index is 12.3. The van der Waals surface area contributed by atoms with Crippen LogP contribution in [0.3, 0.4) is 0 Å². The van der Waals surface area contributed by atoms with Crippen molar-refractivity contribution in [2.45, 2.75) is 34.1 Å². The number of anilines is 1. The average molecular weight is 377 g/mol. The third kappa shape index (κ3) is 4.52. The highest BCUT2D eigenvalue weighted by Crippen LogP contribution is 2.28. The van der Waals surface area contributed by atoms with Gasteiger partial charge >= 0.3 is 0 Å². The molecule has 1 N–H and O–H groups in total. The topological polar surface area (TPSA) is 81.5 Å². The molecule has 138 valence electrons. The number of nitro groups is 1. The Morgan fingerprint density at radius 2 is 1.77 bits per heavy atom. The first-order valence-electron chi connectivity index (χ1n) is 8.20. The average Bonchev–Trinajstić information content (AvgIpc) is 2.59. The van der Waals surface area contributed by atoms with Crippen LogP contribution in [-0.2, 0) is 11.2 Å². The van der Waals surface area contributed by atoms with Gasteiger partial charge in [-0.3, -0.25) is 14.9 Å². The molecule has 0 fully saturated rings. The molecule has 0 spiro atoms. The summed E-state index contributed by atoms with van der Waals surface area (Å²) in [5.41, 5.74) is 3.71. The van der Waals surface area contributed by atoms with Gasteiger partial charge in [0.1, 0.15) is 5.75 Å². The number of non-ortho nitro benzene ring substituents is 1. The van der Waals surface area contributed by atoms with E-state index in [1.54, 1.807) is 19.1 Å². The van der Waals surface area contributed by atoms with Crippen LogP contribution in [0.2, 0.25) is 5.02 Å². The summed E-state index contributed by atoms with van der Waals surface area (Å²) in [5, 5.41) is 14.5. The normalized spacial score (nSPS) is 10.5. The minimum Gasteiger partial charge on any atom is -0.484 e. The highest BCUT2D eigenvalue weighted by molar-refractivity contribution is 6.32. The zero-order valence-corrected chi connectivity index (χ0v) is 15.9. The zero-order chi connectivity index (χ0) is 19.4. The summed E-state index contributed by atoms with van der Waals surface area (Å²) in [6.07, 6.45) is 0.564. The Bertz CT molecular complexity index is 842. The molecule has 0 aromatic heterocycles. The molecule has 0 saturated heterocycles. The van der Waals surface area contributed by atoms with Crippen LogP contribution in [0, 0.1) is 30.9 Å². The van der Waals surface area contributed by atoms with Crippen molar-refractivity contribution in [2.75, 3.05) is 11.9 Å². The van der Waals surface area contributed by atoms with Crippen LogP contribution in [0.25, 0.3) is 0 Å². The van der Waals surface area contributed by atoms with Crippen LogP contribution in [0.1, 0.15) is 29.2 Å². The molecule has 2 aromatic carbocycles. The molecule has 0 aliphatic heterocycles. The maximum absolute atomic E-state index is 12.3. The van der Waals surface area contributed by atoms with Gasteiger partial charge in [-0.25, -0.2) is 0 Å². The molecule has 0 unspecified atom stereocenters. The van der Waals surface area contributed by atoms with Gasteiger partial charge in [0.25, 0.3) is 11.6 Å². The van der Waals surface area contributed by atoms with E-state index in [1.165, 1.54) is 12.1 Å². The lowest BCUT2D eigenvalue weighted by Gasteiger charge is -2.14. The Morgan fingerprint density at radius 1 is 1.15 bits per heavy atom. The third-order valence-electron chi connectivity index (χ3n) is 4.04. The molecular formula is C19H21ClN2O4. The fourth-order valence-electron chi connectivity index (χ4n) is 2.72. The first-order valence-corrected chi connectivity index (χ1v) is 8.58. The predicted molar refractivity (Wildman–Crippen MR) is 102 cm³/mol. The molecule has 0 bridgehead atoms. The Labute approximate surface area is 157 Å². The van der Waals surface area contributed by atoms with Crippen LogP contribution in [0.4, 0.5) is 11.4 Å². The van der Waals surface area contributed by atoms with Crippen molar-refractivity contribution in [3.05, 3.63) is 61.7 Å². The highest BCUT2D eigenvalue weighted by atomic mass is 35.5. The number of nitro benzene ring substituents is 1. The number of aryl methyl sites for hydroxylation is 4. The number of hydrogen-bond acceptors (Lipinski definition) is 4. The molecule has 0 heterocycles. The number of halogens is 1. The summed E-state index contributed by atoms with van der Waals surface area (Å²) in [5.74, 6) is 0.234. The minimum atomic E-state index is -0.438. The second kappa shape index (κ2) is 8.19. The predicted octanol–water partition coefficient (Wildman–Crippen LogP) is 4.75. The van der Waals surface area contributed by atoms with E-state index in [4.69, 9.17) is 16.3 Å².